The van der Waals surface area contributed by atoms with Crippen LogP contribution in [0.5, 0.6) is 0 Å². The molecule has 36 heavy (non-hydrogen) atoms. The molecule has 7 heteroatoms. The van der Waals surface area contributed by atoms with Gasteiger partial charge in [0, 0.05) is 38.1 Å². The van der Waals surface area contributed by atoms with Gasteiger partial charge in [-0.25, -0.2) is 0 Å². The molecule has 2 aromatic carbocycles. The highest BCUT2D eigenvalue weighted by Crippen LogP contribution is 2.31. The van der Waals surface area contributed by atoms with E-state index in [1.807, 2.05) is 47.4 Å². The molecule has 1 aromatic heterocycles. The fraction of sp³-hybridized carbons (Fsp3) is 0.379. The largest absolute Gasteiger partial charge is 0.353 e. The average molecular weight is 484 g/mol. The Morgan fingerprint density at radius 1 is 0.972 bits per heavy atom. The zero-order valence-electron chi connectivity index (χ0n) is 20.7. The van der Waals surface area contributed by atoms with Crippen molar-refractivity contribution in [2.75, 3.05) is 36.4 Å². The van der Waals surface area contributed by atoms with Gasteiger partial charge in [-0.15, -0.1) is 5.10 Å². The minimum Gasteiger partial charge on any atom is -0.353 e. The van der Waals surface area contributed by atoms with Gasteiger partial charge in [0.05, 0.1) is 11.8 Å². The molecular formula is C29H33N5O2. The smallest absolute Gasteiger partial charge is 0.231 e. The zero-order chi connectivity index (χ0) is 24.9. The van der Waals surface area contributed by atoms with Crippen molar-refractivity contribution < 1.29 is 9.59 Å². The second-order valence-corrected chi connectivity index (χ2v) is 9.77. The van der Waals surface area contributed by atoms with E-state index in [-0.39, 0.29) is 23.7 Å². The summed E-state index contributed by atoms with van der Waals surface area (Å²) in [7, 11) is 0. The number of carbonyl (C=O) groups excluding carboxylic acids is 2. The maximum absolute atomic E-state index is 13.2. The van der Waals surface area contributed by atoms with Gasteiger partial charge >= 0.3 is 0 Å². The molecule has 1 atom stereocenters. The highest BCUT2D eigenvalue weighted by atomic mass is 16.2. The number of hydrogen-bond donors (Lipinski definition) is 1. The van der Waals surface area contributed by atoms with Crippen LogP contribution in [0.25, 0.3) is 0 Å². The molecule has 2 fully saturated rings. The van der Waals surface area contributed by atoms with Crippen molar-refractivity contribution in [1.29, 1.82) is 0 Å². The molecule has 2 aliphatic heterocycles. The lowest BCUT2D eigenvalue weighted by Crippen LogP contribution is -2.52. The van der Waals surface area contributed by atoms with Crippen molar-refractivity contribution in [2.45, 2.75) is 38.0 Å². The number of nitrogens with zero attached hydrogens (tertiary/aromatic N) is 4. The second-order valence-electron chi connectivity index (χ2n) is 9.77. The van der Waals surface area contributed by atoms with Gasteiger partial charge in [0.2, 0.25) is 11.8 Å². The average Bonchev–Trinajstić information content (AvgIpc) is 2.90. The Bertz CT molecular complexity index is 1160. The molecule has 2 aliphatic rings. The number of nitrogens with one attached hydrogen (secondary N) is 1. The molecule has 7 nitrogen and oxygen atoms in total. The minimum absolute atomic E-state index is 0.0404. The van der Waals surface area contributed by atoms with Crippen LogP contribution < -0.4 is 10.2 Å². The summed E-state index contributed by atoms with van der Waals surface area (Å²) in [6, 6.07) is 22.1. The Balaban J connectivity index is 1.10. The monoisotopic (exact) mass is 483 g/mol. The Morgan fingerprint density at radius 2 is 1.69 bits per heavy atom. The summed E-state index contributed by atoms with van der Waals surface area (Å²) in [5.74, 6) is 1.42. The maximum atomic E-state index is 13.2. The summed E-state index contributed by atoms with van der Waals surface area (Å²) in [6.07, 6.45) is 4.38. The molecule has 3 heterocycles. The molecule has 186 valence electrons. The molecule has 0 saturated carbocycles. The molecule has 0 unspecified atom stereocenters. The van der Waals surface area contributed by atoms with Gasteiger partial charge in [0.25, 0.3) is 0 Å². The van der Waals surface area contributed by atoms with Crippen LogP contribution in [-0.2, 0) is 9.59 Å². The van der Waals surface area contributed by atoms with Crippen molar-refractivity contribution in [3.8, 4) is 0 Å². The number of piperidine rings is 1. The summed E-state index contributed by atoms with van der Waals surface area (Å²) in [4.78, 5) is 29.9. The number of amides is 2. The summed E-state index contributed by atoms with van der Waals surface area (Å²) in [5.41, 5.74) is 3.20. The van der Waals surface area contributed by atoms with Crippen molar-refractivity contribution in [1.82, 2.24) is 15.1 Å². The van der Waals surface area contributed by atoms with Gasteiger partial charge in [-0.2, -0.15) is 5.10 Å². The summed E-state index contributed by atoms with van der Waals surface area (Å²) in [5, 5.41) is 11.0. The van der Waals surface area contributed by atoms with Crippen LogP contribution in [0.4, 0.5) is 11.5 Å². The van der Waals surface area contributed by atoms with Crippen molar-refractivity contribution in [2.24, 2.45) is 5.92 Å². The molecule has 2 amide bonds. The highest BCUT2D eigenvalue weighted by molar-refractivity contribution is 5.94. The van der Waals surface area contributed by atoms with E-state index >= 15 is 0 Å². The summed E-state index contributed by atoms with van der Waals surface area (Å²) >= 11 is 0. The van der Waals surface area contributed by atoms with E-state index in [2.05, 4.69) is 51.6 Å². The molecule has 2 saturated heterocycles. The normalized spacial score (nSPS) is 17.4. The molecular weight excluding hydrogens is 450 g/mol. The van der Waals surface area contributed by atoms with Crippen LogP contribution >= 0.6 is 0 Å². The Morgan fingerprint density at radius 3 is 2.33 bits per heavy atom. The molecule has 3 aromatic rings. The predicted octanol–water partition coefficient (Wildman–Crippen LogP) is 4.45. The Kier molecular flexibility index (Phi) is 7.26. The van der Waals surface area contributed by atoms with Crippen LogP contribution in [-0.4, -0.2) is 53.1 Å². The lowest BCUT2D eigenvalue weighted by Gasteiger charge is -2.38. The minimum atomic E-state index is -0.0611. The van der Waals surface area contributed by atoms with Crippen LogP contribution in [0, 0.1) is 5.92 Å². The van der Waals surface area contributed by atoms with Crippen LogP contribution in [0.15, 0.2) is 72.9 Å². The van der Waals surface area contributed by atoms with Gasteiger partial charge < -0.3 is 15.1 Å². The Labute approximate surface area is 212 Å². The van der Waals surface area contributed by atoms with Crippen LogP contribution in [0.1, 0.15) is 49.1 Å². The number of hydrogen-bond acceptors (Lipinski definition) is 5. The number of aromatic nitrogens is 2. The van der Waals surface area contributed by atoms with Crippen molar-refractivity contribution in [3.63, 3.8) is 0 Å². The van der Waals surface area contributed by atoms with Crippen LogP contribution in [0.3, 0.4) is 0 Å². The summed E-state index contributed by atoms with van der Waals surface area (Å²) < 4.78 is 0. The number of anilines is 2. The van der Waals surface area contributed by atoms with Crippen LogP contribution in [0.2, 0.25) is 0 Å². The van der Waals surface area contributed by atoms with E-state index in [4.69, 9.17) is 0 Å². The third kappa shape index (κ3) is 5.25. The second kappa shape index (κ2) is 10.9. The molecule has 1 N–H and O–H groups in total. The lowest BCUT2D eigenvalue weighted by molar-refractivity contribution is -0.134. The summed E-state index contributed by atoms with van der Waals surface area (Å²) in [6.45, 7) is 4.97. The number of likely N-dealkylation sites (tertiary alicyclic amines) is 1. The first-order valence-corrected chi connectivity index (χ1v) is 12.9. The van der Waals surface area contributed by atoms with E-state index in [0.717, 1.165) is 49.4 Å². The van der Waals surface area contributed by atoms with Gasteiger partial charge in [0.15, 0.2) is 5.82 Å². The highest BCUT2D eigenvalue weighted by Gasteiger charge is 2.34. The number of rotatable bonds is 7. The van der Waals surface area contributed by atoms with E-state index in [1.54, 1.807) is 6.20 Å². The lowest BCUT2D eigenvalue weighted by atomic mass is 9.88. The fourth-order valence-corrected chi connectivity index (χ4v) is 5.27. The molecule has 5 rings (SSSR count). The Hall–Kier alpha value is -3.74. The standard InChI is InChI=1S/C29H33N5O2/c1-2-26(23-7-4-3-5-8-23)29(36)33-17-14-22(15-18-33)21-10-12-25(13-11-21)31-28(35)24-19-34(20-24)27-9-6-16-30-32-27/h3-13,16,22,24,26H,2,14-15,17-20H2,1H3,(H,31,35)/t26-/m0/s1. The maximum Gasteiger partial charge on any atom is 0.231 e. The topological polar surface area (TPSA) is 78.4 Å². The number of benzene rings is 2. The first-order chi connectivity index (χ1) is 17.6. The van der Waals surface area contributed by atoms with Gasteiger partial charge in [-0.1, -0.05) is 49.4 Å². The molecule has 0 aliphatic carbocycles. The SMILES string of the molecule is CC[C@H](C(=O)N1CCC(c2ccc(NC(=O)C3CN(c4cccnn4)C3)cc2)CC1)c1ccccc1. The first-order valence-electron chi connectivity index (χ1n) is 12.9. The van der Waals surface area contributed by atoms with E-state index < -0.39 is 0 Å². The van der Waals surface area contributed by atoms with E-state index in [9.17, 15) is 9.59 Å². The third-order valence-electron chi connectivity index (χ3n) is 7.50. The molecule has 0 bridgehead atoms. The fourth-order valence-electron chi connectivity index (χ4n) is 5.27. The molecule has 0 spiro atoms. The quantitative estimate of drug-likeness (QED) is 0.537. The zero-order valence-corrected chi connectivity index (χ0v) is 20.7. The third-order valence-corrected chi connectivity index (χ3v) is 7.50. The number of carbonyl (C=O) groups is 2. The van der Waals surface area contributed by atoms with Gasteiger partial charge in [-0.05, 0) is 60.6 Å². The van der Waals surface area contributed by atoms with Crippen molar-refractivity contribution in [3.05, 3.63) is 84.1 Å². The van der Waals surface area contributed by atoms with E-state index in [1.165, 1.54) is 5.56 Å². The van der Waals surface area contributed by atoms with Crippen molar-refractivity contribution >= 4 is 23.3 Å². The predicted molar refractivity (Wildman–Crippen MR) is 141 cm³/mol. The van der Waals surface area contributed by atoms with Gasteiger partial charge in [-0.3, -0.25) is 9.59 Å². The van der Waals surface area contributed by atoms with E-state index in [0.29, 0.717) is 19.0 Å². The van der Waals surface area contributed by atoms with Gasteiger partial charge in [0.1, 0.15) is 0 Å². The molecule has 0 radical (unpaired) electrons. The first kappa shape index (κ1) is 24.0.